The van der Waals surface area contributed by atoms with Gasteiger partial charge in [0, 0.05) is 0 Å². The molecule has 2 aromatic carbocycles. The van der Waals surface area contributed by atoms with Crippen LogP contribution in [0.4, 0.5) is 0 Å². The molecule has 0 saturated carbocycles. The summed E-state index contributed by atoms with van der Waals surface area (Å²) in [7, 11) is 1.91. The minimum Gasteiger partial charge on any atom is -0.408 e. The highest BCUT2D eigenvalue weighted by molar-refractivity contribution is 5.73. The fourth-order valence-corrected chi connectivity index (χ4v) is 2.31. The Morgan fingerprint density at radius 1 is 1.11 bits per heavy atom. The van der Waals surface area contributed by atoms with Gasteiger partial charge in [0.25, 0.3) is 0 Å². The highest BCUT2D eigenvalue weighted by Crippen LogP contribution is 2.24. The van der Waals surface area contributed by atoms with Crippen molar-refractivity contribution in [3.05, 3.63) is 70.2 Å². The Balaban J connectivity index is 2.08. The van der Waals surface area contributed by atoms with E-state index in [-0.39, 0.29) is 6.04 Å². The molecule has 1 atom stereocenters. The van der Waals surface area contributed by atoms with Crippen molar-refractivity contribution in [1.29, 1.82) is 0 Å². The zero-order chi connectivity index (χ0) is 13.2. The number of aromatic nitrogens is 1. The fraction of sp³-hybridized carbons (Fsp3) is 0.133. The lowest BCUT2D eigenvalue weighted by atomic mass is 9.99. The second kappa shape index (κ2) is 4.74. The number of oxazole rings is 1. The van der Waals surface area contributed by atoms with E-state index in [1.165, 1.54) is 5.56 Å². The number of aromatic amines is 1. The third-order valence-electron chi connectivity index (χ3n) is 3.20. The van der Waals surface area contributed by atoms with Crippen LogP contribution in [0.3, 0.4) is 0 Å². The van der Waals surface area contributed by atoms with E-state index >= 15 is 0 Å². The number of benzene rings is 2. The van der Waals surface area contributed by atoms with Gasteiger partial charge in [-0.3, -0.25) is 4.98 Å². The molecule has 4 nitrogen and oxygen atoms in total. The smallest absolute Gasteiger partial charge is 0.408 e. The first kappa shape index (κ1) is 11.7. The lowest BCUT2D eigenvalue weighted by Crippen LogP contribution is -2.17. The maximum Gasteiger partial charge on any atom is 0.417 e. The van der Waals surface area contributed by atoms with Crippen LogP contribution >= 0.6 is 0 Å². The van der Waals surface area contributed by atoms with E-state index in [0.717, 1.165) is 11.1 Å². The summed E-state index contributed by atoms with van der Waals surface area (Å²) in [6.45, 7) is 0. The first-order chi connectivity index (χ1) is 9.28. The third kappa shape index (κ3) is 2.18. The molecule has 4 heteroatoms. The van der Waals surface area contributed by atoms with Crippen LogP contribution in [0.2, 0.25) is 0 Å². The summed E-state index contributed by atoms with van der Waals surface area (Å²) < 4.78 is 5.10. The molecular formula is C15H14N2O2. The van der Waals surface area contributed by atoms with E-state index in [0.29, 0.717) is 5.58 Å². The molecule has 0 saturated heterocycles. The van der Waals surface area contributed by atoms with E-state index in [2.05, 4.69) is 22.4 Å². The van der Waals surface area contributed by atoms with Gasteiger partial charge < -0.3 is 9.73 Å². The highest BCUT2D eigenvalue weighted by atomic mass is 16.4. The summed E-state index contributed by atoms with van der Waals surface area (Å²) >= 11 is 0. The molecule has 0 radical (unpaired) electrons. The minimum absolute atomic E-state index is 0.0748. The predicted molar refractivity (Wildman–Crippen MR) is 74.2 cm³/mol. The Morgan fingerprint density at radius 3 is 2.63 bits per heavy atom. The van der Waals surface area contributed by atoms with Gasteiger partial charge in [0.05, 0.1) is 11.6 Å². The fourth-order valence-electron chi connectivity index (χ4n) is 2.31. The molecule has 0 bridgehead atoms. The number of nitrogens with one attached hydrogen (secondary N) is 2. The summed E-state index contributed by atoms with van der Waals surface area (Å²) in [6, 6.07) is 16.0. The molecule has 0 aliphatic heterocycles. The quantitative estimate of drug-likeness (QED) is 0.754. The van der Waals surface area contributed by atoms with E-state index in [9.17, 15) is 4.79 Å². The molecule has 0 aliphatic rings. The number of hydrogen-bond acceptors (Lipinski definition) is 3. The van der Waals surface area contributed by atoms with Gasteiger partial charge in [-0.05, 0) is 30.3 Å². The van der Waals surface area contributed by atoms with Crippen molar-refractivity contribution < 1.29 is 4.42 Å². The van der Waals surface area contributed by atoms with Crippen molar-refractivity contribution in [2.75, 3.05) is 7.05 Å². The summed E-state index contributed by atoms with van der Waals surface area (Å²) in [4.78, 5) is 13.8. The average molecular weight is 254 g/mol. The molecule has 3 aromatic rings. The van der Waals surface area contributed by atoms with Crippen molar-refractivity contribution in [3.8, 4) is 0 Å². The molecule has 1 aromatic heterocycles. The first-order valence-electron chi connectivity index (χ1n) is 6.13. The molecule has 1 heterocycles. The molecular weight excluding hydrogens is 240 g/mol. The van der Waals surface area contributed by atoms with E-state index in [1.54, 1.807) is 0 Å². The molecule has 0 fully saturated rings. The number of H-pyrrole nitrogens is 1. The molecule has 19 heavy (non-hydrogen) atoms. The van der Waals surface area contributed by atoms with Gasteiger partial charge in [0.1, 0.15) is 0 Å². The maximum atomic E-state index is 11.2. The maximum absolute atomic E-state index is 11.2. The third-order valence-corrected chi connectivity index (χ3v) is 3.20. The predicted octanol–water partition coefficient (Wildman–Crippen LogP) is 2.43. The van der Waals surface area contributed by atoms with E-state index < -0.39 is 5.76 Å². The topological polar surface area (TPSA) is 58.0 Å². The van der Waals surface area contributed by atoms with Crippen LogP contribution in [0, 0.1) is 0 Å². The number of hydrogen-bond donors (Lipinski definition) is 2. The Morgan fingerprint density at radius 2 is 1.89 bits per heavy atom. The molecule has 0 amide bonds. The van der Waals surface area contributed by atoms with Gasteiger partial charge in [-0.2, -0.15) is 0 Å². The molecule has 2 N–H and O–H groups in total. The Bertz CT molecular complexity index is 743. The molecule has 0 aliphatic carbocycles. The van der Waals surface area contributed by atoms with Crippen LogP contribution in [0.1, 0.15) is 17.2 Å². The standard InChI is InChI=1S/C15H14N2O2/c1-16-14(10-5-3-2-4-6-10)11-7-8-12-13(9-11)19-15(18)17-12/h2-9,14,16H,1H3,(H,17,18). The van der Waals surface area contributed by atoms with Crippen molar-refractivity contribution in [2.45, 2.75) is 6.04 Å². The molecule has 96 valence electrons. The van der Waals surface area contributed by atoms with Crippen LogP contribution in [0.15, 0.2) is 57.7 Å². The van der Waals surface area contributed by atoms with Crippen LogP contribution < -0.4 is 11.1 Å². The van der Waals surface area contributed by atoms with Gasteiger partial charge >= 0.3 is 5.76 Å². The van der Waals surface area contributed by atoms with Crippen molar-refractivity contribution in [3.63, 3.8) is 0 Å². The van der Waals surface area contributed by atoms with E-state index in [1.807, 2.05) is 43.4 Å². The van der Waals surface area contributed by atoms with Crippen LogP contribution in [0.25, 0.3) is 11.1 Å². The normalized spacial score (nSPS) is 12.7. The van der Waals surface area contributed by atoms with Crippen LogP contribution in [-0.2, 0) is 0 Å². The first-order valence-corrected chi connectivity index (χ1v) is 6.13. The van der Waals surface area contributed by atoms with Gasteiger partial charge in [0.15, 0.2) is 5.58 Å². The molecule has 3 rings (SSSR count). The minimum atomic E-state index is -0.423. The SMILES string of the molecule is CNC(c1ccccc1)c1ccc2[nH]c(=O)oc2c1. The summed E-state index contributed by atoms with van der Waals surface area (Å²) in [5, 5.41) is 3.28. The average Bonchev–Trinajstić information content (AvgIpc) is 2.80. The summed E-state index contributed by atoms with van der Waals surface area (Å²) in [5.74, 6) is -0.423. The van der Waals surface area contributed by atoms with Crippen LogP contribution in [0.5, 0.6) is 0 Å². The van der Waals surface area contributed by atoms with Crippen molar-refractivity contribution in [2.24, 2.45) is 0 Å². The molecule has 1 unspecified atom stereocenters. The van der Waals surface area contributed by atoms with Gasteiger partial charge in [-0.15, -0.1) is 0 Å². The lowest BCUT2D eigenvalue weighted by Gasteiger charge is -2.16. The molecule has 0 spiro atoms. The zero-order valence-corrected chi connectivity index (χ0v) is 10.5. The zero-order valence-electron chi connectivity index (χ0n) is 10.5. The largest absolute Gasteiger partial charge is 0.417 e. The van der Waals surface area contributed by atoms with E-state index in [4.69, 9.17) is 4.42 Å². The van der Waals surface area contributed by atoms with Crippen LogP contribution in [-0.4, -0.2) is 12.0 Å². The summed E-state index contributed by atoms with van der Waals surface area (Å²) in [5.41, 5.74) is 3.53. The van der Waals surface area contributed by atoms with Crippen molar-refractivity contribution >= 4 is 11.1 Å². The van der Waals surface area contributed by atoms with Crippen molar-refractivity contribution in [1.82, 2.24) is 10.3 Å². The Hall–Kier alpha value is -2.33. The second-order valence-corrected chi connectivity index (χ2v) is 4.40. The monoisotopic (exact) mass is 254 g/mol. The Kier molecular flexibility index (Phi) is 2.93. The Labute approximate surface area is 110 Å². The van der Waals surface area contributed by atoms with Gasteiger partial charge in [-0.25, -0.2) is 4.79 Å². The highest BCUT2D eigenvalue weighted by Gasteiger charge is 2.13. The van der Waals surface area contributed by atoms with Gasteiger partial charge in [0.2, 0.25) is 0 Å². The number of fused-ring (bicyclic) bond motifs is 1. The number of rotatable bonds is 3. The lowest BCUT2D eigenvalue weighted by molar-refractivity contribution is 0.554. The van der Waals surface area contributed by atoms with Gasteiger partial charge in [-0.1, -0.05) is 36.4 Å². The second-order valence-electron chi connectivity index (χ2n) is 4.40. The summed E-state index contributed by atoms with van der Waals surface area (Å²) in [6.07, 6.45) is 0.